The van der Waals surface area contributed by atoms with Crippen molar-refractivity contribution < 1.29 is 4.79 Å². The lowest BCUT2D eigenvalue weighted by Gasteiger charge is -2.32. The first-order valence-corrected chi connectivity index (χ1v) is 6.79. The van der Waals surface area contributed by atoms with Crippen LogP contribution in [0.2, 0.25) is 0 Å². The summed E-state index contributed by atoms with van der Waals surface area (Å²) in [7, 11) is 2.22. The van der Waals surface area contributed by atoms with Crippen LogP contribution < -0.4 is 5.32 Å². The summed E-state index contributed by atoms with van der Waals surface area (Å²) in [4.78, 5) is 13.0. The second kappa shape index (κ2) is 6.55. The zero-order valence-corrected chi connectivity index (χ0v) is 11.1. The fourth-order valence-electron chi connectivity index (χ4n) is 2.77. The number of nitrogens with zero attached hydrogens (tertiary/aromatic N) is 1. The van der Waals surface area contributed by atoms with Gasteiger partial charge in [0.05, 0.1) is 0 Å². The lowest BCUT2D eigenvalue weighted by Crippen LogP contribution is -2.36. The molecule has 1 saturated heterocycles. The number of piperidine rings is 1. The summed E-state index contributed by atoms with van der Waals surface area (Å²) in [6.07, 6.45) is 6.95. The summed E-state index contributed by atoms with van der Waals surface area (Å²) < 4.78 is 0. The third-order valence-electron chi connectivity index (χ3n) is 3.90. The first kappa shape index (κ1) is 13.1. The predicted octanol–water partition coefficient (Wildman–Crippen LogP) is 2.67. The van der Waals surface area contributed by atoms with Crippen molar-refractivity contribution in [3.63, 3.8) is 0 Å². The van der Waals surface area contributed by atoms with Crippen LogP contribution in [0, 0.1) is 0 Å². The molecule has 0 radical (unpaired) electrons. The quantitative estimate of drug-likeness (QED) is 0.810. The third kappa shape index (κ3) is 3.33. The Hall–Kier alpha value is -1.35. The Morgan fingerprint density at radius 1 is 1.39 bits per heavy atom. The van der Waals surface area contributed by atoms with E-state index in [-0.39, 0.29) is 0 Å². The van der Waals surface area contributed by atoms with Crippen molar-refractivity contribution in [2.45, 2.75) is 38.1 Å². The molecule has 0 unspecified atom stereocenters. The van der Waals surface area contributed by atoms with Gasteiger partial charge in [-0.2, -0.15) is 0 Å². The Bertz CT molecular complexity index is 392. The molecule has 3 nitrogen and oxygen atoms in total. The van der Waals surface area contributed by atoms with Crippen molar-refractivity contribution in [1.82, 2.24) is 4.90 Å². The number of hydrogen-bond donors (Lipinski definition) is 1. The highest BCUT2D eigenvalue weighted by Crippen LogP contribution is 2.22. The van der Waals surface area contributed by atoms with Crippen molar-refractivity contribution in [2.75, 3.05) is 18.9 Å². The minimum atomic E-state index is 0.697. The number of likely N-dealkylation sites (tertiary alicyclic amines) is 1. The maximum absolute atomic E-state index is 10.6. The van der Waals surface area contributed by atoms with E-state index < -0.39 is 0 Å². The highest BCUT2D eigenvalue weighted by molar-refractivity contribution is 5.73. The van der Waals surface area contributed by atoms with E-state index in [0.717, 1.165) is 18.5 Å². The van der Waals surface area contributed by atoms with Gasteiger partial charge in [-0.1, -0.05) is 24.6 Å². The molecule has 1 amide bonds. The maximum atomic E-state index is 10.6. The van der Waals surface area contributed by atoms with Gasteiger partial charge in [0.1, 0.15) is 0 Å². The average Bonchev–Trinajstić information content (AvgIpc) is 2.40. The molecule has 3 heteroatoms. The molecule has 0 saturated carbocycles. The fraction of sp³-hybridized carbons (Fsp3) is 0.533. The molecular weight excluding hydrogens is 224 g/mol. The van der Waals surface area contributed by atoms with E-state index in [0.29, 0.717) is 6.04 Å². The summed E-state index contributed by atoms with van der Waals surface area (Å²) in [5, 5.41) is 2.78. The van der Waals surface area contributed by atoms with Crippen molar-refractivity contribution in [2.24, 2.45) is 0 Å². The van der Waals surface area contributed by atoms with Crippen LogP contribution >= 0.6 is 0 Å². The van der Waals surface area contributed by atoms with Crippen LogP contribution in [0.5, 0.6) is 0 Å². The standard InChI is InChI=1S/C15H22N2O/c1-17-11-5-4-7-14(17)10-9-13-6-2-3-8-15(13)16-12-18/h2-3,6,8,12,14H,4-5,7,9-11H2,1H3,(H,16,18)/t14-/m0/s1. The van der Waals surface area contributed by atoms with Gasteiger partial charge in [0.15, 0.2) is 0 Å². The first-order valence-electron chi connectivity index (χ1n) is 6.79. The third-order valence-corrected chi connectivity index (χ3v) is 3.90. The molecule has 98 valence electrons. The Morgan fingerprint density at radius 3 is 3.00 bits per heavy atom. The van der Waals surface area contributed by atoms with E-state index >= 15 is 0 Å². The molecule has 1 aliphatic rings. The number of rotatable bonds is 5. The van der Waals surface area contributed by atoms with E-state index in [9.17, 15) is 4.79 Å². The first-order chi connectivity index (χ1) is 8.81. The Kier molecular flexibility index (Phi) is 4.76. The van der Waals surface area contributed by atoms with Gasteiger partial charge in [-0.3, -0.25) is 4.79 Å². The van der Waals surface area contributed by atoms with E-state index in [1.807, 2.05) is 18.2 Å². The second-order valence-corrected chi connectivity index (χ2v) is 5.09. The highest BCUT2D eigenvalue weighted by atomic mass is 16.1. The molecule has 1 N–H and O–H groups in total. The predicted molar refractivity (Wildman–Crippen MR) is 74.7 cm³/mol. The molecule has 0 aliphatic carbocycles. The summed E-state index contributed by atoms with van der Waals surface area (Å²) in [6, 6.07) is 8.77. The number of aryl methyl sites for hydroxylation is 1. The SMILES string of the molecule is CN1CCCC[C@H]1CCc1ccccc1NC=O. The van der Waals surface area contributed by atoms with Crippen molar-refractivity contribution >= 4 is 12.1 Å². The Morgan fingerprint density at radius 2 is 2.22 bits per heavy atom. The number of amides is 1. The number of carbonyl (C=O) groups excluding carboxylic acids is 1. The van der Waals surface area contributed by atoms with E-state index in [1.54, 1.807) is 0 Å². The summed E-state index contributed by atoms with van der Waals surface area (Å²) >= 11 is 0. The monoisotopic (exact) mass is 246 g/mol. The number of anilines is 1. The van der Waals surface area contributed by atoms with Crippen LogP contribution in [-0.2, 0) is 11.2 Å². The van der Waals surface area contributed by atoms with Crippen LogP contribution in [0.25, 0.3) is 0 Å². The molecule has 1 fully saturated rings. The zero-order chi connectivity index (χ0) is 12.8. The number of carbonyl (C=O) groups is 1. The lowest BCUT2D eigenvalue weighted by atomic mass is 9.96. The van der Waals surface area contributed by atoms with Crippen molar-refractivity contribution in [3.05, 3.63) is 29.8 Å². The average molecular weight is 246 g/mol. The van der Waals surface area contributed by atoms with Crippen LogP contribution in [0.3, 0.4) is 0 Å². The number of hydrogen-bond acceptors (Lipinski definition) is 2. The molecule has 1 heterocycles. The van der Waals surface area contributed by atoms with Gasteiger partial charge in [0.25, 0.3) is 0 Å². The van der Waals surface area contributed by atoms with Gasteiger partial charge in [-0.05, 0) is 50.9 Å². The summed E-state index contributed by atoms with van der Waals surface area (Å²) in [5.74, 6) is 0. The fourth-order valence-corrected chi connectivity index (χ4v) is 2.77. The zero-order valence-electron chi connectivity index (χ0n) is 11.1. The van der Waals surface area contributed by atoms with Crippen molar-refractivity contribution in [3.8, 4) is 0 Å². The minimum absolute atomic E-state index is 0.697. The molecule has 0 aromatic heterocycles. The largest absolute Gasteiger partial charge is 0.328 e. The maximum Gasteiger partial charge on any atom is 0.211 e. The van der Waals surface area contributed by atoms with Crippen LogP contribution in [0.1, 0.15) is 31.2 Å². The number of benzene rings is 1. The van der Waals surface area contributed by atoms with E-state index in [1.165, 1.54) is 37.8 Å². The molecule has 1 aromatic rings. The van der Waals surface area contributed by atoms with Gasteiger partial charge >= 0.3 is 0 Å². The summed E-state index contributed by atoms with van der Waals surface area (Å²) in [5.41, 5.74) is 2.19. The van der Waals surface area contributed by atoms with E-state index in [4.69, 9.17) is 0 Å². The van der Waals surface area contributed by atoms with Gasteiger partial charge in [-0.25, -0.2) is 0 Å². The molecule has 1 atom stereocenters. The lowest BCUT2D eigenvalue weighted by molar-refractivity contribution is -0.105. The number of nitrogens with one attached hydrogen (secondary N) is 1. The Balaban J connectivity index is 1.94. The summed E-state index contributed by atoms with van der Waals surface area (Å²) in [6.45, 7) is 1.22. The van der Waals surface area contributed by atoms with Gasteiger partial charge in [0, 0.05) is 11.7 Å². The number of para-hydroxylation sites is 1. The van der Waals surface area contributed by atoms with Crippen LogP contribution in [0.15, 0.2) is 24.3 Å². The van der Waals surface area contributed by atoms with Crippen LogP contribution in [-0.4, -0.2) is 30.9 Å². The molecule has 2 rings (SSSR count). The Labute approximate surface area is 109 Å². The molecule has 18 heavy (non-hydrogen) atoms. The highest BCUT2D eigenvalue weighted by Gasteiger charge is 2.18. The topological polar surface area (TPSA) is 32.3 Å². The van der Waals surface area contributed by atoms with Crippen LogP contribution in [0.4, 0.5) is 5.69 Å². The molecular formula is C15H22N2O. The smallest absolute Gasteiger partial charge is 0.211 e. The molecule has 0 spiro atoms. The van der Waals surface area contributed by atoms with Crippen molar-refractivity contribution in [1.29, 1.82) is 0 Å². The molecule has 0 bridgehead atoms. The molecule has 1 aliphatic heterocycles. The van der Waals surface area contributed by atoms with Gasteiger partial charge in [-0.15, -0.1) is 0 Å². The van der Waals surface area contributed by atoms with Gasteiger partial charge < -0.3 is 10.2 Å². The normalized spacial score (nSPS) is 20.6. The van der Waals surface area contributed by atoms with Gasteiger partial charge in [0.2, 0.25) is 6.41 Å². The molecule has 1 aromatic carbocycles. The van der Waals surface area contributed by atoms with E-state index in [2.05, 4.69) is 23.3 Å². The second-order valence-electron chi connectivity index (χ2n) is 5.09. The minimum Gasteiger partial charge on any atom is -0.328 e.